The number of nitrogens with one attached hydrogen (secondary N) is 1. The number of ether oxygens (including phenoxy) is 2. The molecule has 1 unspecified atom stereocenters. The van der Waals surface area contributed by atoms with E-state index in [9.17, 15) is 13.6 Å². The summed E-state index contributed by atoms with van der Waals surface area (Å²) in [5.74, 6) is 6.50. The summed E-state index contributed by atoms with van der Waals surface area (Å²) in [7, 11) is 2.98. The van der Waals surface area contributed by atoms with Crippen molar-refractivity contribution in [3.05, 3.63) is 46.5 Å². The largest absolute Gasteiger partial charge is 0.494 e. The van der Waals surface area contributed by atoms with E-state index in [-0.39, 0.29) is 16.9 Å². The number of carbonyl (C=O) groups is 1. The van der Waals surface area contributed by atoms with Crippen molar-refractivity contribution in [3.8, 4) is 28.7 Å². The SMILES string of the molecule is COCCC#Cc1cc(-c2cc(C(F)F)ncc2OC)c(C(=O)Nc2nnc(C3C[C@@H]3C)s2)cn1. The van der Waals surface area contributed by atoms with E-state index < -0.39 is 18.0 Å². The van der Waals surface area contributed by atoms with Gasteiger partial charge in [0.25, 0.3) is 12.3 Å². The van der Waals surface area contributed by atoms with Crippen molar-refractivity contribution in [2.24, 2.45) is 5.92 Å². The van der Waals surface area contributed by atoms with Gasteiger partial charge in [-0.05, 0) is 30.4 Å². The Bertz CT molecular complexity index is 1290. The molecule has 0 bridgehead atoms. The van der Waals surface area contributed by atoms with E-state index in [1.54, 1.807) is 13.2 Å². The summed E-state index contributed by atoms with van der Waals surface area (Å²) in [6, 6.07) is 2.77. The van der Waals surface area contributed by atoms with Gasteiger partial charge in [0.15, 0.2) is 0 Å². The minimum Gasteiger partial charge on any atom is -0.494 e. The predicted molar refractivity (Wildman–Crippen MR) is 127 cm³/mol. The summed E-state index contributed by atoms with van der Waals surface area (Å²) in [5, 5.41) is 12.2. The highest BCUT2D eigenvalue weighted by atomic mass is 32.1. The van der Waals surface area contributed by atoms with Crippen molar-refractivity contribution >= 4 is 22.4 Å². The summed E-state index contributed by atoms with van der Waals surface area (Å²) in [6.45, 7) is 2.59. The third-order valence-electron chi connectivity index (χ3n) is 5.51. The van der Waals surface area contributed by atoms with E-state index in [4.69, 9.17) is 9.47 Å². The number of carbonyl (C=O) groups excluding carboxylic acids is 1. The molecule has 1 N–H and O–H groups in total. The highest BCUT2D eigenvalue weighted by molar-refractivity contribution is 7.15. The van der Waals surface area contributed by atoms with E-state index in [1.165, 1.54) is 36.9 Å². The van der Waals surface area contributed by atoms with Crippen LogP contribution < -0.4 is 10.1 Å². The summed E-state index contributed by atoms with van der Waals surface area (Å²) in [4.78, 5) is 21.3. The molecular formula is C24H23F2N5O3S. The van der Waals surface area contributed by atoms with Gasteiger partial charge in [-0.1, -0.05) is 24.2 Å². The average molecular weight is 500 g/mol. The average Bonchev–Trinajstić information content (AvgIpc) is 3.41. The summed E-state index contributed by atoms with van der Waals surface area (Å²) in [6.07, 6.45) is 1.31. The van der Waals surface area contributed by atoms with E-state index in [0.29, 0.717) is 41.3 Å². The van der Waals surface area contributed by atoms with E-state index in [1.807, 2.05) is 0 Å². The molecule has 3 aromatic rings. The molecule has 8 nitrogen and oxygen atoms in total. The minimum absolute atomic E-state index is 0.147. The fraction of sp³-hybridized carbons (Fsp3) is 0.375. The molecule has 1 aliphatic rings. The maximum atomic E-state index is 13.4. The molecule has 3 heterocycles. The predicted octanol–water partition coefficient (Wildman–Crippen LogP) is 4.71. The number of hydrogen-bond acceptors (Lipinski definition) is 8. The van der Waals surface area contributed by atoms with Gasteiger partial charge in [0.1, 0.15) is 22.1 Å². The molecule has 0 aliphatic heterocycles. The molecule has 35 heavy (non-hydrogen) atoms. The van der Waals surface area contributed by atoms with Gasteiger partial charge in [0.2, 0.25) is 5.13 Å². The second-order valence-electron chi connectivity index (χ2n) is 7.99. The number of rotatable bonds is 8. The Labute approximate surface area is 205 Å². The topological polar surface area (TPSA) is 99.1 Å². The van der Waals surface area contributed by atoms with Crippen LogP contribution in [0.3, 0.4) is 0 Å². The van der Waals surface area contributed by atoms with E-state index in [0.717, 1.165) is 11.4 Å². The summed E-state index contributed by atoms with van der Waals surface area (Å²) >= 11 is 1.32. The summed E-state index contributed by atoms with van der Waals surface area (Å²) < 4.78 is 37.2. The third kappa shape index (κ3) is 5.78. The standard InChI is InChI=1S/C24H23F2N5O3S/c1-13-8-15(13)23-30-31-24(35-23)29-22(32)18-11-27-14(6-4-5-7-33-2)9-16(18)17-10-19(21(25)26)28-12-20(17)34-3/h9-13,15,21H,5,7-8H2,1-3H3,(H,29,31,32)/t13-,15?/m0/s1. The van der Waals surface area contributed by atoms with Crippen LogP contribution in [0.2, 0.25) is 0 Å². The van der Waals surface area contributed by atoms with Gasteiger partial charge < -0.3 is 9.47 Å². The molecule has 0 aromatic carbocycles. The Morgan fingerprint density at radius 3 is 2.71 bits per heavy atom. The molecule has 0 saturated heterocycles. The lowest BCUT2D eigenvalue weighted by Crippen LogP contribution is -2.14. The first-order valence-corrected chi connectivity index (χ1v) is 11.7. The van der Waals surface area contributed by atoms with Crippen LogP contribution in [-0.4, -0.2) is 46.9 Å². The molecule has 11 heteroatoms. The van der Waals surface area contributed by atoms with Gasteiger partial charge in [-0.15, -0.1) is 10.2 Å². The second-order valence-corrected chi connectivity index (χ2v) is 9.00. The molecule has 0 spiro atoms. The van der Waals surface area contributed by atoms with Gasteiger partial charge in [0, 0.05) is 36.8 Å². The Hall–Kier alpha value is -3.49. The first kappa shape index (κ1) is 24.6. The van der Waals surface area contributed by atoms with Crippen LogP contribution in [0.1, 0.15) is 58.9 Å². The van der Waals surface area contributed by atoms with Gasteiger partial charge in [-0.3, -0.25) is 15.1 Å². The van der Waals surface area contributed by atoms with Crippen molar-refractivity contribution in [1.29, 1.82) is 0 Å². The van der Waals surface area contributed by atoms with Crippen LogP contribution in [0.5, 0.6) is 5.75 Å². The Morgan fingerprint density at radius 1 is 1.23 bits per heavy atom. The highest BCUT2D eigenvalue weighted by Crippen LogP contribution is 2.48. The zero-order chi connectivity index (χ0) is 24.9. The second kappa shape index (κ2) is 10.8. The van der Waals surface area contributed by atoms with Crippen LogP contribution >= 0.6 is 11.3 Å². The van der Waals surface area contributed by atoms with Crippen LogP contribution in [0.15, 0.2) is 24.5 Å². The zero-order valence-corrected chi connectivity index (χ0v) is 20.2. The van der Waals surface area contributed by atoms with Crippen molar-refractivity contribution < 1.29 is 23.0 Å². The smallest absolute Gasteiger partial charge is 0.280 e. The Balaban J connectivity index is 1.72. The maximum absolute atomic E-state index is 13.4. The Morgan fingerprint density at radius 2 is 2.03 bits per heavy atom. The molecule has 2 atom stereocenters. The maximum Gasteiger partial charge on any atom is 0.280 e. The number of aromatic nitrogens is 4. The van der Waals surface area contributed by atoms with Gasteiger partial charge in [-0.25, -0.2) is 13.8 Å². The van der Waals surface area contributed by atoms with Crippen LogP contribution in [-0.2, 0) is 4.74 Å². The number of hydrogen-bond donors (Lipinski definition) is 1. The summed E-state index contributed by atoms with van der Waals surface area (Å²) in [5.41, 5.74) is 0.675. The number of anilines is 1. The monoisotopic (exact) mass is 499 g/mol. The lowest BCUT2D eigenvalue weighted by Gasteiger charge is -2.14. The third-order valence-corrected chi connectivity index (χ3v) is 6.48. The number of alkyl halides is 2. The van der Waals surface area contributed by atoms with Crippen molar-refractivity contribution in [2.75, 3.05) is 26.1 Å². The molecule has 1 saturated carbocycles. The number of halogens is 2. The minimum atomic E-state index is -2.79. The normalized spacial score (nSPS) is 16.5. The van der Waals surface area contributed by atoms with Gasteiger partial charge >= 0.3 is 0 Å². The first-order chi connectivity index (χ1) is 16.9. The Kier molecular flexibility index (Phi) is 7.63. The lowest BCUT2D eigenvalue weighted by atomic mass is 9.99. The highest BCUT2D eigenvalue weighted by Gasteiger charge is 2.37. The van der Waals surface area contributed by atoms with Gasteiger partial charge in [-0.2, -0.15) is 0 Å². The molecule has 4 rings (SSSR count). The number of methoxy groups -OCH3 is 2. The lowest BCUT2D eigenvalue weighted by molar-refractivity contribution is 0.102. The van der Waals surface area contributed by atoms with Crippen molar-refractivity contribution in [1.82, 2.24) is 20.2 Å². The fourth-order valence-corrected chi connectivity index (χ4v) is 4.44. The van der Waals surface area contributed by atoms with Crippen molar-refractivity contribution in [3.63, 3.8) is 0 Å². The van der Waals surface area contributed by atoms with Crippen LogP contribution in [0.25, 0.3) is 11.1 Å². The zero-order valence-electron chi connectivity index (χ0n) is 19.3. The van der Waals surface area contributed by atoms with Crippen LogP contribution in [0.4, 0.5) is 13.9 Å². The molecule has 182 valence electrons. The number of nitrogens with zero attached hydrogens (tertiary/aromatic N) is 4. The fourth-order valence-electron chi connectivity index (χ4n) is 3.45. The van der Waals surface area contributed by atoms with E-state index >= 15 is 0 Å². The van der Waals surface area contributed by atoms with E-state index in [2.05, 4.69) is 44.2 Å². The molecule has 1 aliphatic carbocycles. The molecule has 1 fully saturated rings. The quantitative estimate of drug-likeness (QED) is 0.354. The molecule has 0 radical (unpaired) electrons. The number of amides is 1. The molecule has 1 amide bonds. The molecule has 3 aromatic heterocycles. The van der Waals surface area contributed by atoms with Crippen LogP contribution in [0, 0.1) is 17.8 Å². The van der Waals surface area contributed by atoms with Gasteiger partial charge in [0.05, 0.1) is 25.5 Å². The molecular weight excluding hydrogens is 476 g/mol. The first-order valence-electron chi connectivity index (χ1n) is 10.9. The van der Waals surface area contributed by atoms with Crippen molar-refractivity contribution in [2.45, 2.75) is 32.1 Å². The number of pyridine rings is 2.